The number of hydrogen-bond acceptors (Lipinski definition) is 6. The number of aliphatic hydroxyl groups is 2. The second-order valence-corrected chi connectivity index (χ2v) is 2.75. The van der Waals surface area contributed by atoms with Crippen molar-refractivity contribution in [2.75, 3.05) is 26.2 Å². The van der Waals surface area contributed by atoms with Gasteiger partial charge in [0.15, 0.2) is 0 Å². The average molecular weight is 262 g/mol. The molecule has 1 aromatic carbocycles. The van der Waals surface area contributed by atoms with Crippen LogP contribution in [-0.4, -0.2) is 48.4 Å². The highest BCUT2D eigenvalue weighted by Gasteiger charge is 2.18. The molecule has 6 heteroatoms. The fourth-order valence-electron chi connectivity index (χ4n) is 1.09. The molecule has 98 valence electrons. The second kappa shape index (κ2) is 7.41. The highest BCUT2D eigenvalue weighted by Crippen LogP contribution is 2.11. The molecule has 0 aliphatic heterocycles. The van der Waals surface area contributed by atoms with Gasteiger partial charge in [0.25, 0.3) is 0 Å². The van der Waals surface area contributed by atoms with E-state index in [-0.39, 0.29) is 0 Å². The third kappa shape index (κ3) is 3.83. The molecular weight excluding hydrogens is 240 g/mol. The molecule has 0 bridgehead atoms. The van der Waals surface area contributed by atoms with Crippen molar-refractivity contribution in [3.63, 3.8) is 0 Å². The molecule has 18 heavy (non-hydrogen) atoms. The summed E-state index contributed by atoms with van der Waals surface area (Å²) < 4.78 is 64.7. The number of rotatable bonds is 6. The summed E-state index contributed by atoms with van der Waals surface area (Å²) in [7, 11) is 0. The van der Waals surface area contributed by atoms with Crippen molar-refractivity contribution >= 4 is 11.9 Å². The van der Waals surface area contributed by atoms with Gasteiger partial charge in [-0.15, -0.1) is 0 Å². The van der Waals surface area contributed by atoms with E-state index in [9.17, 15) is 9.59 Å². The summed E-state index contributed by atoms with van der Waals surface area (Å²) in [5.74, 6) is -3.15. The van der Waals surface area contributed by atoms with Crippen molar-refractivity contribution in [1.82, 2.24) is 0 Å². The van der Waals surface area contributed by atoms with Gasteiger partial charge in [0.1, 0.15) is 13.1 Å². The second-order valence-electron chi connectivity index (χ2n) is 2.75. The number of ether oxygens (including phenoxy) is 2. The SMILES string of the molecule is [2H]C([2H])(O)C([2H])([2H])OC(=O)c1ccccc1C(=O)OC([2H])([2H])C([2H])([2H])O. The summed E-state index contributed by atoms with van der Waals surface area (Å²) in [5.41, 5.74) is -1.33. The van der Waals surface area contributed by atoms with Gasteiger partial charge >= 0.3 is 11.9 Å². The van der Waals surface area contributed by atoms with Crippen LogP contribution in [0.25, 0.3) is 0 Å². The first-order valence-corrected chi connectivity index (χ1v) is 4.50. The average Bonchev–Trinajstić information content (AvgIpc) is 2.43. The van der Waals surface area contributed by atoms with E-state index in [1.165, 1.54) is 12.1 Å². The van der Waals surface area contributed by atoms with E-state index >= 15 is 0 Å². The normalized spacial score (nSPS) is 19.7. The maximum Gasteiger partial charge on any atom is 0.339 e. The fraction of sp³-hybridized carbons (Fsp3) is 0.333. The minimum atomic E-state index is -3.55. The van der Waals surface area contributed by atoms with Crippen LogP contribution in [0, 0.1) is 0 Å². The molecular formula is C12H14O6. The zero-order valence-corrected chi connectivity index (χ0v) is 8.84. The van der Waals surface area contributed by atoms with Gasteiger partial charge in [-0.05, 0) is 12.1 Å². The molecule has 0 spiro atoms. The van der Waals surface area contributed by atoms with E-state index in [1.54, 1.807) is 0 Å². The fourth-order valence-corrected chi connectivity index (χ4v) is 1.09. The molecule has 1 rings (SSSR count). The summed E-state index contributed by atoms with van der Waals surface area (Å²) in [6.45, 7) is -14.1. The predicted octanol–water partition coefficient (Wildman–Crippen LogP) is -0.0152. The first-order chi connectivity index (χ1) is 11.5. The highest BCUT2D eigenvalue weighted by atomic mass is 16.5. The lowest BCUT2D eigenvalue weighted by Gasteiger charge is -2.08. The van der Waals surface area contributed by atoms with Crippen LogP contribution in [0.5, 0.6) is 0 Å². The zero-order valence-electron chi connectivity index (χ0n) is 16.8. The monoisotopic (exact) mass is 262 g/mol. The van der Waals surface area contributed by atoms with Crippen molar-refractivity contribution in [2.24, 2.45) is 0 Å². The molecule has 6 nitrogen and oxygen atoms in total. The van der Waals surface area contributed by atoms with Crippen molar-refractivity contribution in [3.05, 3.63) is 35.4 Å². The molecule has 0 saturated heterocycles. The number of hydrogen-bond donors (Lipinski definition) is 2. The molecule has 0 aliphatic carbocycles. The molecule has 0 atom stereocenters. The Hall–Kier alpha value is -1.92. The minimum absolute atomic E-state index is 0.667. The molecule has 0 radical (unpaired) electrons. The first-order valence-electron chi connectivity index (χ1n) is 8.50. The van der Waals surface area contributed by atoms with E-state index in [0.717, 1.165) is 12.1 Å². The maximum absolute atomic E-state index is 12.0. The lowest BCUT2D eigenvalue weighted by Crippen LogP contribution is -2.16. The molecule has 0 saturated carbocycles. The Kier molecular flexibility index (Phi) is 2.60. The van der Waals surface area contributed by atoms with Crippen LogP contribution < -0.4 is 0 Å². The van der Waals surface area contributed by atoms with Gasteiger partial charge in [-0.2, -0.15) is 0 Å². The van der Waals surface area contributed by atoms with Crippen LogP contribution in [0.15, 0.2) is 24.3 Å². The van der Waals surface area contributed by atoms with Crippen molar-refractivity contribution in [3.8, 4) is 0 Å². The van der Waals surface area contributed by atoms with Crippen LogP contribution >= 0.6 is 0 Å². The van der Waals surface area contributed by atoms with Crippen molar-refractivity contribution < 1.29 is 40.2 Å². The third-order valence-corrected chi connectivity index (χ3v) is 1.75. The standard InChI is InChI=1S/C12H14O6/c13-5-7-17-11(15)9-3-1-2-4-10(9)12(16)18-8-6-14/h1-4,13-14H,5-8H2/i5D2,6D2,7D2,8D2. The van der Waals surface area contributed by atoms with Gasteiger partial charge in [0.05, 0.1) is 35.2 Å². The Balaban J connectivity index is 3.16. The largest absolute Gasteiger partial charge is 0.460 e. The first kappa shape index (κ1) is 6.31. The molecule has 0 amide bonds. The summed E-state index contributed by atoms with van der Waals surface area (Å²) in [6.07, 6.45) is 0. The van der Waals surface area contributed by atoms with Crippen LogP contribution in [0.1, 0.15) is 31.7 Å². The third-order valence-electron chi connectivity index (χ3n) is 1.75. The number of carbonyl (C=O) groups is 2. The minimum Gasteiger partial charge on any atom is -0.460 e. The molecule has 0 aromatic heterocycles. The number of benzene rings is 1. The Morgan fingerprint density at radius 1 is 1.00 bits per heavy atom. The van der Waals surface area contributed by atoms with E-state index in [1.807, 2.05) is 0 Å². The molecule has 2 N–H and O–H groups in total. The molecule has 1 aromatic rings. The van der Waals surface area contributed by atoms with Gasteiger partial charge in [0.2, 0.25) is 0 Å². The van der Waals surface area contributed by atoms with Crippen molar-refractivity contribution in [2.45, 2.75) is 0 Å². The Labute approximate surface area is 115 Å². The smallest absolute Gasteiger partial charge is 0.339 e. The highest BCUT2D eigenvalue weighted by molar-refractivity contribution is 6.03. The molecule has 0 aliphatic rings. The van der Waals surface area contributed by atoms with E-state index in [0.29, 0.717) is 0 Å². The molecule has 0 fully saturated rings. The lowest BCUT2D eigenvalue weighted by molar-refractivity contribution is 0.0389. The van der Waals surface area contributed by atoms with Gasteiger partial charge < -0.3 is 19.7 Å². The summed E-state index contributed by atoms with van der Waals surface area (Å²) in [4.78, 5) is 24.1. The van der Waals surface area contributed by atoms with E-state index < -0.39 is 49.3 Å². The van der Waals surface area contributed by atoms with E-state index in [4.69, 9.17) is 21.2 Å². The maximum atomic E-state index is 12.0. The molecule has 0 unspecified atom stereocenters. The van der Waals surface area contributed by atoms with Crippen LogP contribution in [0.2, 0.25) is 0 Å². The summed E-state index contributed by atoms with van der Waals surface area (Å²) >= 11 is 0. The predicted molar refractivity (Wildman–Crippen MR) is 61.2 cm³/mol. The number of carbonyl (C=O) groups excluding carboxylic acids is 2. The number of esters is 2. The van der Waals surface area contributed by atoms with E-state index in [2.05, 4.69) is 9.47 Å². The van der Waals surface area contributed by atoms with Gasteiger partial charge in [-0.1, -0.05) is 12.1 Å². The molecule has 0 heterocycles. The Morgan fingerprint density at radius 3 is 1.72 bits per heavy atom. The van der Waals surface area contributed by atoms with Crippen LogP contribution in [-0.2, 0) is 9.47 Å². The Bertz CT molecular complexity index is 635. The quantitative estimate of drug-likeness (QED) is 0.700. The Morgan fingerprint density at radius 2 is 1.39 bits per heavy atom. The van der Waals surface area contributed by atoms with Crippen LogP contribution in [0.4, 0.5) is 0 Å². The van der Waals surface area contributed by atoms with Gasteiger partial charge in [0, 0.05) is 0 Å². The van der Waals surface area contributed by atoms with Crippen LogP contribution in [0.3, 0.4) is 0 Å². The summed E-state index contributed by atoms with van der Waals surface area (Å²) in [5, 5.41) is 18.1. The van der Waals surface area contributed by atoms with Gasteiger partial charge in [-0.3, -0.25) is 0 Å². The lowest BCUT2D eigenvalue weighted by atomic mass is 10.1. The van der Waals surface area contributed by atoms with Crippen molar-refractivity contribution in [1.29, 1.82) is 0 Å². The summed E-state index contributed by atoms with van der Waals surface area (Å²) in [6, 6.07) is 4.34. The topological polar surface area (TPSA) is 93.1 Å². The zero-order chi connectivity index (χ0) is 20.6. The van der Waals surface area contributed by atoms with Gasteiger partial charge in [-0.25, -0.2) is 9.59 Å².